The van der Waals surface area contributed by atoms with Crippen LogP contribution in [0, 0.1) is 0 Å². The van der Waals surface area contributed by atoms with Crippen molar-refractivity contribution in [3.05, 3.63) is 53.1 Å². The summed E-state index contributed by atoms with van der Waals surface area (Å²) in [6, 6.07) is 8.78. The van der Waals surface area contributed by atoms with Crippen LogP contribution in [0.5, 0.6) is 5.75 Å². The zero-order valence-corrected chi connectivity index (χ0v) is 15.6. The highest BCUT2D eigenvalue weighted by Gasteiger charge is 2.22. The van der Waals surface area contributed by atoms with Gasteiger partial charge in [-0.05, 0) is 44.0 Å². The van der Waals surface area contributed by atoms with Crippen LogP contribution in [0.2, 0.25) is 0 Å². The third-order valence-electron chi connectivity index (χ3n) is 5.29. The van der Waals surface area contributed by atoms with E-state index in [1.807, 2.05) is 6.92 Å². The molecule has 0 radical (unpaired) electrons. The van der Waals surface area contributed by atoms with Crippen molar-refractivity contribution in [1.82, 2.24) is 20.2 Å². The molecule has 0 aliphatic carbocycles. The first-order valence-corrected chi connectivity index (χ1v) is 9.84. The lowest BCUT2D eigenvalue weighted by Crippen LogP contribution is -2.33. The summed E-state index contributed by atoms with van der Waals surface area (Å²) in [7, 11) is 0. The second-order valence-corrected chi connectivity index (χ2v) is 7.24. The van der Waals surface area contributed by atoms with Gasteiger partial charge in [0.05, 0.1) is 12.6 Å². The largest absolute Gasteiger partial charge is 0.494 e. The first-order valence-electron chi connectivity index (χ1n) is 9.84. The molecule has 0 unspecified atom stereocenters. The van der Waals surface area contributed by atoms with E-state index in [0.717, 1.165) is 50.6 Å². The summed E-state index contributed by atoms with van der Waals surface area (Å²) in [5.41, 5.74) is 3.84. The lowest BCUT2D eigenvalue weighted by molar-refractivity contribution is 0.242. The summed E-state index contributed by atoms with van der Waals surface area (Å²) in [4.78, 5) is 12.0. The average Bonchev–Trinajstić information content (AvgIpc) is 2.70. The van der Waals surface area contributed by atoms with Crippen LogP contribution in [-0.4, -0.2) is 34.6 Å². The molecular weight excluding hydrogens is 324 g/mol. The Morgan fingerprint density at radius 1 is 1.23 bits per heavy atom. The maximum atomic E-state index is 5.52. The summed E-state index contributed by atoms with van der Waals surface area (Å²) in [5.74, 6) is 1.93. The normalized spacial score (nSPS) is 20.6. The Kier molecular flexibility index (Phi) is 5.46. The number of ether oxygens (including phenoxy) is 1. The van der Waals surface area contributed by atoms with Crippen LogP contribution >= 0.6 is 0 Å². The molecule has 2 aromatic rings. The second kappa shape index (κ2) is 8.14. The monoisotopic (exact) mass is 352 g/mol. The molecule has 0 amide bonds. The number of benzene rings is 1. The Morgan fingerprint density at radius 3 is 2.88 bits per heavy atom. The molecule has 1 N–H and O–H groups in total. The zero-order valence-electron chi connectivity index (χ0n) is 15.6. The maximum absolute atomic E-state index is 5.52. The summed E-state index contributed by atoms with van der Waals surface area (Å²) in [5, 5.41) is 3.55. The number of aromatic nitrogens is 2. The molecule has 138 valence electrons. The van der Waals surface area contributed by atoms with Crippen molar-refractivity contribution >= 4 is 0 Å². The second-order valence-electron chi connectivity index (χ2n) is 7.24. The van der Waals surface area contributed by atoms with E-state index in [4.69, 9.17) is 9.72 Å². The van der Waals surface area contributed by atoms with Crippen LogP contribution in [0.3, 0.4) is 0 Å². The van der Waals surface area contributed by atoms with Crippen LogP contribution in [0.4, 0.5) is 0 Å². The van der Waals surface area contributed by atoms with E-state index >= 15 is 0 Å². The van der Waals surface area contributed by atoms with Gasteiger partial charge < -0.3 is 10.1 Å². The highest BCUT2D eigenvalue weighted by molar-refractivity contribution is 5.28. The van der Waals surface area contributed by atoms with Crippen molar-refractivity contribution in [2.24, 2.45) is 0 Å². The molecule has 1 saturated heterocycles. The number of fused-ring (bicyclic) bond motifs is 1. The molecule has 0 saturated carbocycles. The van der Waals surface area contributed by atoms with Gasteiger partial charge in [0.15, 0.2) is 0 Å². The van der Waals surface area contributed by atoms with Crippen LogP contribution < -0.4 is 10.1 Å². The fourth-order valence-corrected chi connectivity index (χ4v) is 3.88. The van der Waals surface area contributed by atoms with Crippen molar-refractivity contribution in [1.29, 1.82) is 0 Å². The summed E-state index contributed by atoms with van der Waals surface area (Å²) < 4.78 is 5.52. The smallest absolute Gasteiger partial charge is 0.145 e. The molecule has 5 heteroatoms. The van der Waals surface area contributed by atoms with Gasteiger partial charge in [-0.1, -0.05) is 18.6 Å². The van der Waals surface area contributed by atoms with Gasteiger partial charge in [-0.3, -0.25) is 4.90 Å². The van der Waals surface area contributed by atoms with Crippen LogP contribution in [0.25, 0.3) is 0 Å². The minimum atomic E-state index is 0.343. The molecule has 2 aliphatic heterocycles. The Labute approximate surface area is 155 Å². The van der Waals surface area contributed by atoms with E-state index in [2.05, 4.69) is 45.7 Å². The molecule has 5 nitrogen and oxygen atoms in total. The van der Waals surface area contributed by atoms with Gasteiger partial charge in [-0.25, -0.2) is 9.97 Å². The van der Waals surface area contributed by atoms with Crippen LogP contribution in [0.15, 0.2) is 30.5 Å². The molecule has 26 heavy (non-hydrogen) atoms. The van der Waals surface area contributed by atoms with Crippen molar-refractivity contribution in [2.75, 3.05) is 19.7 Å². The standard InChI is InChI=1S/C21H28N4O/c1-2-26-18-8-6-16(7-9-18)14-25-12-10-19-17(15-25)13-23-21(24-19)20-5-3-4-11-22-20/h6-9,13,20,22H,2-5,10-12,14-15H2,1H3/t20-/m1/s1. The van der Waals surface area contributed by atoms with Gasteiger partial charge in [0.1, 0.15) is 11.6 Å². The maximum Gasteiger partial charge on any atom is 0.145 e. The van der Waals surface area contributed by atoms with Gasteiger partial charge in [0.25, 0.3) is 0 Å². The predicted octanol–water partition coefficient (Wildman–Crippen LogP) is 3.25. The van der Waals surface area contributed by atoms with Gasteiger partial charge in [-0.15, -0.1) is 0 Å². The SMILES string of the molecule is CCOc1ccc(CN2CCc3nc([C@H]4CCCCN4)ncc3C2)cc1. The van der Waals surface area contributed by atoms with Gasteiger partial charge in [0.2, 0.25) is 0 Å². The molecule has 1 fully saturated rings. The Morgan fingerprint density at radius 2 is 2.12 bits per heavy atom. The van der Waals surface area contributed by atoms with Crippen LogP contribution in [-0.2, 0) is 19.5 Å². The third kappa shape index (κ3) is 4.05. The van der Waals surface area contributed by atoms with Crippen LogP contribution in [0.1, 0.15) is 54.9 Å². The number of hydrogen-bond acceptors (Lipinski definition) is 5. The molecule has 1 atom stereocenters. The van der Waals surface area contributed by atoms with Crippen molar-refractivity contribution < 1.29 is 4.74 Å². The molecule has 1 aromatic heterocycles. The molecule has 3 heterocycles. The van der Waals surface area contributed by atoms with E-state index in [1.54, 1.807) is 0 Å². The zero-order chi connectivity index (χ0) is 17.8. The van der Waals surface area contributed by atoms with Crippen molar-refractivity contribution in [3.8, 4) is 5.75 Å². The van der Waals surface area contributed by atoms with Gasteiger partial charge in [-0.2, -0.15) is 0 Å². The minimum Gasteiger partial charge on any atom is -0.494 e. The van der Waals surface area contributed by atoms with Crippen molar-refractivity contribution in [2.45, 2.75) is 51.7 Å². The quantitative estimate of drug-likeness (QED) is 0.895. The molecule has 0 bridgehead atoms. The van der Waals surface area contributed by atoms with Crippen molar-refractivity contribution in [3.63, 3.8) is 0 Å². The highest BCUT2D eigenvalue weighted by Crippen LogP contribution is 2.24. The molecular formula is C21H28N4O. The third-order valence-corrected chi connectivity index (χ3v) is 5.29. The predicted molar refractivity (Wildman–Crippen MR) is 102 cm³/mol. The van der Waals surface area contributed by atoms with E-state index in [1.165, 1.54) is 29.7 Å². The average molecular weight is 352 g/mol. The number of nitrogens with zero attached hydrogens (tertiary/aromatic N) is 3. The number of hydrogen-bond donors (Lipinski definition) is 1. The minimum absolute atomic E-state index is 0.343. The highest BCUT2D eigenvalue weighted by atomic mass is 16.5. The lowest BCUT2D eigenvalue weighted by atomic mass is 10.0. The van der Waals surface area contributed by atoms with Gasteiger partial charge >= 0.3 is 0 Å². The van der Waals surface area contributed by atoms with Gasteiger partial charge in [0, 0.05) is 43.5 Å². The molecule has 2 aliphatic rings. The topological polar surface area (TPSA) is 50.3 Å². The van der Waals surface area contributed by atoms with E-state index in [0.29, 0.717) is 12.6 Å². The summed E-state index contributed by atoms with van der Waals surface area (Å²) in [6.07, 6.45) is 6.76. The summed E-state index contributed by atoms with van der Waals surface area (Å²) >= 11 is 0. The first kappa shape index (κ1) is 17.4. The molecule has 0 spiro atoms. The first-order chi connectivity index (χ1) is 12.8. The molecule has 4 rings (SSSR count). The molecule has 1 aromatic carbocycles. The number of nitrogens with one attached hydrogen (secondary N) is 1. The Balaban J connectivity index is 1.39. The van der Waals surface area contributed by atoms with E-state index in [9.17, 15) is 0 Å². The number of piperidine rings is 1. The van der Waals surface area contributed by atoms with E-state index in [-0.39, 0.29) is 0 Å². The number of rotatable bonds is 5. The fourth-order valence-electron chi connectivity index (χ4n) is 3.88. The summed E-state index contributed by atoms with van der Waals surface area (Å²) in [6.45, 7) is 6.74. The fraction of sp³-hybridized carbons (Fsp3) is 0.524. The Bertz CT molecular complexity index is 725. The Hall–Kier alpha value is -1.98. The lowest BCUT2D eigenvalue weighted by Gasteiger charge is -2.29. The van der Waals surface area contributed by atoms with E-state index < -0.39 is 0 Å².